The highest BCUT2D eigenvalue weighted by molar-refractivity contribution is 5.96. The Balaban J connectivity index is 1.60. The lowest BCUT2D eigenvalue weighted by Gasteiger charge is -2.27. The van der Waals surface area contributed by atoms with Crippen molar-refractivity contribution in [2.75, 3.05) is 36.5 Å². The highest BCUT2D eigenvalue weighted by Crippen LogP contribution is 2.31. The Hall–Kier alpha value is -1.96. The van der Waals surface area contributed by atoms with Crippen LogP contribution in [0.1, 0.15) is 12.8 Å². The minimum absolute atomic E-state index is 0.00420. The van der Waals surface area contributed by atoms with Crippen molar-refractivity contribution in [1.82, 2.24) is 0 Å². The summed E-state index contributed by atoms with van der Waals surface area (Å²) in [5.41, 5.74) is 7.07. The van der Waals surface area contributed by atoms with E-state index in [-0.39, 0.29) is 30.3 Å². The number of carbonyl (C=O) groups is 2. The number of ether oxygens (including phenoxy) is 1. The third kappa shape index (κ3) is 3.58. The maximum absolute atomic E-state index is 12.3. The summed E-state index contributed by atoms with van der Waals surface area (Å²) in [6.07, 6.45) is 0.568. The molecule has 2 aliphatic rings. The maximum Gasteiger partial charge on any atom is 0.253 e. The van der Waals surface area contributed by atoms with Gasteiger partial charge in [-0.2, -0.15) is 0 Å². The second-order valence-corrected chi connectivity index (χ2v) is 6.37. The molecule has 1 saturated carbocycles. The molecule has 0 bridgehead atoms. The molecule has 4 N–H and O–H groups in total. The van der Waals surface area contributed by atoms with Gasteiger partial charge in [0.1, 0.15) is 6.61 Å². The summed E-state index contributed by atoms with van der Waals surface area (Å²) in [5, 5.41) is 12.7. The van der Waals surface area contributed by atoms with Crippen LogP contribution in [0.25, 0.3) is 0 Å². The summed E-state index contributed by atoms with van der Waals surface area (Å²) >= 11 is 0. The van der Waals surface area contributed by atoms with Gasteiger partial charge in [-0.3, -0.25) is 9.59 Å². The van der Waals surface area contributed by atoms with E-state index in [0.717, 1.165) is 5.69 Å². The van der Waals surface area contributed by atoms with E-state index in [1.165, 1.54) is 0 Å². The molecule has 7 heteroatoms. The van der Waals surface area contributed by atoms with E-state index in [1.807, 2.05) is 12.1 Å². The van der Waals surface area contributed by atoms with Crippen LogP contribution in [-0.2, 0) is 14.3 Å². The smallest absolute Gasteiger partial charge is 0.253 e. The predicted molar refractivity (Wildman–Crippen MR) is 89.5 cm³/mol. The first-order valence-electron chi connectivity index (χ1n) is 8.25. The van der Waals surface area contributed by atoms with Crippen molar-refractivity contribution in [3.8, 4) is 0 Å². The number of rotatable bonds is 4. The monoisotopic (exact) mass is 333 g/mol. The molecule has 130 valence electrons. The average Bonchev–Trinajstić information content (AvgIpc) is 2.97. The van der Waals surface area contributed by atoms with E-state index >= 15 is 0 Å². The van der Waals surface area contributed by atoms with Crippen molar-refractivity contribution in [2.24, 2.45) is 17.6 Å². The molecule has 0 spiro atoms. The molecule has 2 amide bonds. The zero-order valence-corrected chi connectivity index (χ0v) is 13.5. The fraction of sp³-hybridized carbons (Fsp3) is 0.529. The highest BCUT2D eigenvalue weighted by Gasteiger charge is 2.36. The van der Waals surface area contributed by atoms with Crippen LogP contribution in [0.15, 0.2) is 24.3 Å². The lowest BCUT2D eigenvalue weighted by atomic mass is 10.0. The molecule has 1 saturated heterocycles. The quantitative estimate of drug-likeness (QED) is 0.737. The molecule has 1 aliphatic heterocycles. The molecule has 1 heterocycles. The van der Waals surface area contributed by atoms with Gasteiger partial charge >= 0.3 is 0 Å². The van der Waals surface area contributed by atoms with Gasteiger partial charge in [0.25, 0.3) is 5.91 Å². The van der Waals surface area contributed by atoms with Crippen LogP contribution < -0.4 is 16.0 Å². The number of aliphatic hydroxyl groups excluding tert-OH is 1. The number of hydrogen-bond acceptors (Lipinski definition) is 5. The molecular formula is C17H23N3O4. The van der Waals surface area contributed by atoms with E-state index in [0.29, 0.717) is 38.2 Å². The van der Waals surface area contributed by atoms with Crippen LogP contribution in [-0.4, -0.2) is 49.3 Å². The van der Waals surface area contributed by atoms with Crippen molar-refractivity contribution in [3.05, 3.63) is 24.3 Å². The lowest BCUT2D eigenvalue weighted by Crippen LogP contribution is -2.41. The summed E-state index contributed by atoms with van der Waals surface area (Å²) in [4.78, 5) is 25.8. The Bertz CT molecular complexity index is 604. The number of nitrogens with two attached hydrogens (primary N) is 1. The summed E-state index contributed by atoms with van der Waals surface area (Å²) in [7, 11) is 0. The SMILES string of the molecule is NCC1CC(C(=O)Nc2ccc(N3CCOCC3=O)cc2)CC1O. The number of carbonyl (C=O) groups excluding carboxylic acids is 2. The average molecular weight is 333 g/mol. The molecule has 24 heavy (non-hydrogen) atoms. The van der Waals surface area contributed by atoms with Crippen LogP contribution in [0.3, 0.4) is 0 Å². The molecule has 1 aromatic carbocycles. The number of nitrogens with zero attached hydrogens (tertiary/aromatic N) is 1. The Morgan fingerprint density at radius 2 is 2.08 bits per heavy atom. The van der Waals surface area contributed by atoms with Gasteiger partial charge in [-0.05, 0) is 49.6 Å². The molecule has 2 fully saturated rings. The van der Waals surface area contributed by atoms with Gasteiger partial charge in [-0.1, -0.05) is 0 Å². The van der Waals surface area contributed by atoms with E-state index < -0.39 is 6.10 Å². The van der Waals surface area contributed by atoms with Crippen molar-refractivity contribution in [3.63, 3.8) is 0 Å². The van der Waals surface area contributed by atoms with Crippen molar-refractivity contribution >= 4 is 23.2 Å². The van der Waals surface area contributed by atoms with Crippen molar-refractivity contribution < 1.29 is 19.4 Å². The molecule has 0 radical (unpaired) electrons. The number of nitrogens with one attached hydrogen (secondary N) is 1. The van der Waals surface area contributed by atoms with Gasteiger partial charge in [0.05, 0.1) is 12.7 Å². The number of hydrogen-bond donors (Lipinski definition) is 3. The third-order valence-electron chi connectivity index (χ3n) is 4.76. The summed E-state index contributed by atoms with van der Waals surface area (Å²) in [5.74, 6) is -0.379. The van der Waals surface area contributed by atoms with Gasteiger partial charge in [0.2, 0.25) is 5.91 Å². The minimum atomic E-state index is -0.500. The maximum atomic E-state index is 12.3. The molecule has 3 rings (SSSR count). The predicted octanol–water partition coefficient (Wildman–Crippen LogP) is 0.334. The number of anilines is 2. The summed E-state index contributed by atoms with van der Waals surface area (Å²) in [6.45, 7) is 1.56. The lowest BCUT2D eigenvalue weighted by molar-refractivity contribution is -0.125. The van der Waals surface area contributed by atoms with Gasteiger partial charge in [0.15, 0.2) is 0 Å². The van der Waals surface area contributed by atoms with Crippen molar-refractivity contribution in [1.29, 1.82) is 0 Å². The molecule has 1 aromatic rings. The molecule has 3 atom stereocenters. The zero-order chi connectivity index (χ0) is 17.1. The summed E-state index contributed by atoms with van der Waals surface area (Å²) < 4.78 is 5.12. The van der Waals surface area contributed by atoms with E-state index in [4.69, 9.17) is 10.5 Å². The van der Waals surface area contributed by atoms with Crippen molar-refractivity contribution in [2.45, 2.75) is 18.9 Å². The molecular weight excluding hydrogens is 310 g/mol. The number of amides is 2. The van der Waals surface area contributed by atoms with E-state index in [1.54, 1.807) is 17.0 Å². The van der Waals surface area contributed by atoms with E-state index in [2.05, 4.69) is 5.32 Å². The van der Waals surface area contributed by atoms with Crippen LogP contribution in [0, 0.1) is 11.8 Å². The first-order valence-corrected chi connectivity index (χ1v) is 8.25. The molecule has 3 unspecified atom stereocenters. The first kappa shape index (κ1) is 16.9. The fourth-order valence-corrected chi connectivity index (χ4v) is 3.33. The van der Waals surface area contributed by atoms with Gasteiger partial charge in [0, 0.05) is 23.8 Å². The van der Waals surface area contributed by atoms with Gasteiger partial charge in [-0.25, -0.2) is 0 Å². The van der Waals surface area contributed by atoms with Crippen LogP contribution in [0.4, 0.5) is 11.4 Å². The topological polar surface area (TPSA) is 105 Å². The third-order valence-corrected chi connectivity index (χ3v) is 4.76. The largest absolute Gasteiger partial charge is 0.393 e. The Kier molecular flexibility index (Phi) is 5.13. The molecule has 7 nitrogen and oxygen atoms in total. The van der Waals surface area contributed by atoms with Crippen LogP contribution >= 0.6 is 0 Å². The molecule has 1 aliphatic carbocycles. The summed E-state index contributed by atoms with van der Waals surface area (Å²) in [6, 6.07) is 7.18. The van der Waals surface area contributed by atoms with Gasteiger partial charge < -0.3 is 25.8 Å². The molecule has 0 aromatic heterocycles. The Morgan fingerprint density at radius 1 is 1.33 bits per heavy atom. The van der Waals surface area contributed by atoms with Crippen LogP contribution in [0.2, 0.25) is 0 Å². The van der Waals surface area contributed by atoms with E-state index in [9.17, 15) is 14.7 Å². The normalized spacial score (nSPS) is 27.3. The number of aliphatic hydroxyl groups is 1. The Morgan fingerprint density at radius 3 is 2.71 bits per heavy atom. The fourth-order valence-electron chi connectivity index (χ4n) is 3.33. The number of morpholine rings is 1. The number of benzene rings is 1. The second kappa shape index (κ2) is 7.29. The van der Waals surface area contributed by atoms with Gasteiger partial charge in [-0.15, -0.1) is 0 Å². The second-order valence-electron chi connectivity index (χ2n) is 6.37. The zero-order valence-electron chi connectivity index (χ0n) is 13.5. The first-order chi connectivity index (χ1) is 11.6. The standard InChI is InChI=1S/C17H23N3O4/c18-9-12-7-11(8-15(12)21)17(23)19-13-1-3-14(4-2-13)20-5-6-24-10-16(20)22/h1-4,11-12,15,21H,5-10,18H2,(H,19,23). The Labute approximate surface area is 140 Å². The highest BCUT2D eigenvalue weighted by atomic mass is 16.5. The van der Waals surface area contributed by atoms with Crippen LogP contribution in [0.5, 0.6) is 0 Å². The minimum Gasteiger partial charge on any atom is -0.393 e.